The van der Waals surface area contributed by atoms with Gasteiger partial charge in [0.05, 0.1) is 11.8 Å². The Labute approximate surface area is 193 Å². The highest BCUT2D eigenvalue weighted by atomic mass is 16.1. The molecule has 3 heterocycles. The number of carbonyl (C=O) groups excluding carboxylic acids is 1. The maximum absolute atomic E-state index is 12.9. The molecule has 2 aromatic heterocycles. The number of amides is 1. The Bertz CT molecular complexity index is 1300. The summed E-state index contributed by atoms with van der Waals surface area (Å²) < 4.78 is 1.68. The van der Waals surface area contributed by atoms with Gasteiger partial charge in [-0.1, -0.05) is 30.3 Å². The quantitative estimate of drug-likeness (QED) is 0.519. The van der Waals surface area contributed by atoms with Crippen molar-refractivity contribution in [2.45, 2.75) is 13.8 Å². The number of hydrogen-bond acceptors (Lipinski definition) is 5. The first kappa shape index (κ1) is 21.2. The SMILES string of the molecule is Cc1cccc(C)c1NC(=O)c1cnc2c(-c3cccc(N4CCN(C)CC4)c3)cnn2c1. The number of anilines is 2. The third-order valence-corrected chi connectivity index (χ3v) is 6.36. The van der Waals surface area contributed by atoms with Crippen molar-refractivity contribution in [1.82, 2.24) is 19.5 Å². The molecule has 0 unspecified atom stereocenters. The summed E-state index contributed by atoms with van der Waals surface area (Å²) in [5, 5.41) is 7.50. The predicted octanol–water partition coefficient (Wildman–Crippen LogP) is 4.02. The fourth-order valence-corrected chi connectivity index (χ4v) is 4.33. The predicted molar refractivity (Wildman–Crippen MR) is 132 cm³/mol. The summed E-state index contributed by atoms with van der Waals surface area (Å²) >= 11 is 0. The van der Waals surface area contributed by atoms with Crippen molar-refractivity contribution in [3.63, 3.8) is 0 Å². The first-order chi connectivity index (χ1) is 16.0. The van der Waals surface area contributed by atoms with E-state index in [0.29, 0.717) is 5.56 Å². The summed E-state index contributed by atoms with van der Waals surface area (Å²) in [5.74, 6) is -0.198. The molecule has 1 aliphatic heterocycles. The van der Waals surface area contributed by atoms with E-state index in [4.69, 9.17) is 0 Å². The first-order valence-electron chi connectivity index (χ1n) is 11.2. The van der Waals surface area contributed by atoms with Crippen LogP contribution in [0.15, 0.2) is 61.1 Å². The smallest absolute Gasteiger partial charge is 0.258 e. The number of benzene rings is 2. The van der Waals surface area contributed by atoms with Crippen molar-refractivity contribution in [3.05, 3.63) is 77.7 Å². The van der Waals surface area contributed by atoms with E-state index in [1.54, 1.807) is 16.9 Å². The molecule has 1 aliphatic rings. The van der Waals surface area contributed by atoms with Gasteiger partial charge in [-0.2, -0.15) is 5.10 Å². The summed E-state index contributed by atoms with van der Waals surface area (Å²) in [4.78, 5) is 22.2. The average molecular weight is 441 g/mol. The number of hydrogen-bond donors (Lipinski definition) is 1. The molecule has 0 aliphatic carbocycles. The molecule has 7 heteroatoms. The Morgan fingerprint density at radius 2 is 1.70 bits per heavy atom. The molecule has 0 spiro atoms. The second-order valence-corrected chi connectivity index (χ2v) is 8.73. The van der Waals surface area contributed by atoms with Crippen LogP contribution in [0.25, 0.3) is 16.8 Å². The first-order valence-corrected chi connectivity index (χ1v) is 11.2. The number of fused-ring (bicyclic) bond motifs is 1. The van der Waals surface area contributed by atoms with Crippen LogP contribution in [-0.4, -0.2) is 58.6 Å². The van der Waals surface area contributed by atoms with Crippen LogP contribution < -0.4 is 10.2 Å². The third-order valence-electron chi connectivity index (χ3n) is 6.36. The third kappa shape index (κ3) is 4.19. The van der Waals surface area contributed by atoms with Gasteiger partial charge in [0.2, 0.25) is 0 Å². The van der Waals surface area contributed by atoms with E-state index in [2.05, 4.69) is 56.5 Å². The molecule has 168 valence electrons. The molecule has 7 nitrogen and oxygen atoms in total. The summed E-state index contributed by atoms with van der Waals surface area (Å²) in [7, 11) is 2.16. The van der Waals surface area contributed by atoms with Crippen LogP contribution in [0, 0.1) is 13.8 Å². The van der Waals surface area contributed by atoms with Crippen LogP contribution in [-0.2, 0) is 0 Å². The van der Waals surface area contributed by atoms with E-state index < -0.39 is 0 Å². The van der Waals surface area contributed by atoms with Crippen LogP contribution in [0.3, 0.4) is 0 Å². The fourth-order valence-electron chi connectivity index (χ4n) is 4.33. The lowest BCUT2D eigenvalue weighted by Crippen LogP contribution is -2.44. The zero-order valence-corrected chi connectivity index (χ0v) is 19.2. The normalized spacial score (nSPS) is 14.6. The van der Waals surface area contributed by atoms with Crippen LogP contribution in [0.1, 0.15) is 21.5 Å². The number of aryl methyl sites for hydroxylation is 2. The minimum atomic E-state index is -0.198. The zero-order valence-electron chi connectivity index (χ0n) is 19.2. The van der Waals surface area contributed by atoms with Gasteiger partial charge in [-0.05, 0) is 49.7 Å². The second kappa shape index (κ2) is 8.67. The van der Waals surface area contributed by atoms with Gasteiger partial charge < -0.3 is 15.1 Å². The summed E-state index contributed by atoms with van der Waals surface area (Å²) in [6.07, 6.45) is 5.17. The van der Waals surface area contributed by atoms with Crippen molar-refractivity contribution >= 4 is 22.9 Å². The second-order valence-electron chi connectivity index (χ2n) is 8.73. The zero-order chi connectivity index (χ0) is 22.9. The van der Waals surface area contributed by atoms with Gasteiger partial charge in [0.25, 0.3) is 5.91 Å². The number of nitrogens with one attached hydrogen (secondary N) is 1. The number of nitrogens with zero attached hydrogens (tertiary/aromatic N) is 5. The number of carbonyl (C=O) groups is 1. The summed E-state index contributed by atoms with van der Waals surface area (Å²) in [6, 6.07) is 14.5. The molecule has 0 bridgehead atoms. The standard InChI is InChI=1S/C26H28N6O/c1-18-6-4-7-19(2)24(18)29-26(33)21-15-27-25-23(16-28-32(25)17-21)20-8-5-9-22(14-20)31-12-10-30(3)11-13-31/h4-9,14-17H,10-13H2,1-3H3,(H,29,33). The van der Waals surface area contributed by atoms with E-state index in [0.717, 1.165) is 59.8 Å². The van der Waals surface area contributed by atoms with Crippen LogP contribution in [0.4, 0.5) is 11.4 Å². The van der Waals surface area contributed by atoms with Gasteiger partial charge in [-0.15, -0.1) is 0 Å². The number of piperazine rings is 1. The van der Waals surface area contributed by atoms with Gasteiger partial charge in [0.1, 0.15) is 0 Å². The molecule has 1 fully saturated rings. The molecule has 0 saturated carbocycles. The lowest BCUT2D eigenvalue weighted by atomic mass is 10.1. The molecule has 1 saturated heterocycles. The summed E-state index contributed by atoms with van der Waals surface area (Å²) in [5.41, 5.74) is 7.32. The lowest BCUT2D eigenvalue weighted by Gasteiger charge is -2.34. The van der Waals surface area contributed by atoms with E-state index in [1.165, 1.54) is 5.69 Å². The number of para-hydroxylation sites is 1. The van der Waals surface area contributed by atoms with Gasteiger partial charge in [-0.25, -0.2) is 9.50 Å². The highest BCUT2D eigenvalue weighted by Crippen LogP contribution is 2.28. The Morgan fingerprint density at radius 1 is 0.970 bits per heavy atom. The Balaban J connectivity index is 1.41. The monoisotopic (exact) mass is 440 g/mol. The van der Waals surface area contributed by atoms with Gasteiger partial charge in [0, 0.05) is 55.5 Å². The molecule has 0 atom stereocenters. The molecular formula is C26H28N6O. The number of rotatable bonds is 4. The number of aromatic nitrogens is 3. The van der Waals surface area contributed by atoms with E-state index in [9.17, 15) is 4.79 Å². The molecule has 1 N–H and O–H groups in total. The molecular weight excluding hydrogens is 412 g/mol. The Morgan fingerprint density at radius 3 is 2.45 bits per heavy atom. The van der Waals surface area contributed by atoms with E-state index in [-0.39, 0.29) is 5.91 Å². The van der Waals surface area contributed by atoms with Gasteiger partial charge >= 0.3 is 0 Å². The minimum absolute atomic E-state index is 0.198. The molecule has 0 radical (unpaired) electrons. The Hall–Kier alpha value is -3.71. The highest BCUT2D eigenvalue weighted by molar-refractivity contribution is 6.04. The molecule has 1 amide bonds. The van der Waals surface area contributed by atoms with Crippen LogP contribution in [0.5, 0.6) is 0 Å². The summed E-state index contributed by atoms with van der Waals surface area (Å²) in [6.45, 7) is 8.14. The van der Waals surface area contributed by atoms with Crippen molar-refractivity contribution in [2.75, 3.05) is 43.4 Å². The van der Waals surface area contributed by atoms with Crippen molar-refractivity contribution < 1.29 is 4.79 Å². The van der Waals surface area contributed by atoms with Crippen molar-refractivity contribution in [2.24, 2.45) is 0 Å². The maximum atomic E-state index is 12.9. The average Bonchev–Trinajstić information content (AvgIpc) is 3.25. The minimum Gasteiger partial charge on any atom is -0.369 e. The largest absolute Gasteiger partial charge is 0.369 e. The topological polar surface area (TPSA) is 65.8 Å². The van der Waals surface area contributed by atoms with Gasteiger partial charge in [-0.3, -0.25) is 4.79 Å². The van der Waals surface area contributed by atoms with Gasteiger partial charge in [0.15, 0.2) is 5.65 Å². The fraction of sp³-hybridized carbons (Fsp3) is 0.269. The molecule has 5 rings (SSSR count). The highest BCUT2D eigenvalue weighted by Gasteiger charge is 2.17. The molecule has 33 heavy (non-hydrogen) atoms. The molecule has 2 aromatic carbocycles. The van der Waals surface area contributed by atoms with Crippen LogP contribution >= 0.6 is 0 Å². The van der Waals surface area contributed by atoms with Crippen LogP contribution in [0.2, 0.25) is 0 Å². The van der Waals surface area contributed by atoms with E-state index >= 15 is 0 Å². The van der Waals surface area contributed by atoms with Crippen molar-refractivity contribution in [1.29, 1.82) is 0 Å². The number of likely N-dealkylation sites (N-methyl/N-ethyl adjacent to an activating group) is 1. The Kier molecular flexibility index (Phi) is 5.56. The lowest BCUT2D eigenvalue weighted by molar-refractivity contribution is 0.102. The molecule has 4 aromatic rings. The van der Waals surface area contributed by atoms with E-state index in [1.807, 2.05) is 38.2 Å². The maximum Gasteiger partial charge on any atom is 0.258 e. The van der Waals surface area contributed by atoms with Crippen molar-refractivity contribution in [3.8, 4) is 11.1 Å².